The zero-order valence-corrected chi connectivity index (χ0v) is 13.5. The molecule has 0 fully saturated rings. The minimum Gasteiger partial charge on any atom is -0.408 e. The lowest BCUT2D eigenvalue weighted by Crippen LogP contribution is -2.44. The number of aromatic nitrogens is 4. The fraction of sp³-hybridized carbons (Fsp3) is 0.375. The van der Waals surface area contributed by atoms with E-state index in [-0.39, 0.29) is 24.4 Å². The van der Waals surface area contributed by atoms with Crippen molar-refractivity contribution in [2.75, 3.05) is 0 Å². The van der Waals surface area contributed by atoms with Crippen molar-refractivity contribution in [3.05, 3.63) is 47.2 Å². The maximum absolute atomic E-state index is 12.4. The minimum absolute atomic E-state index is 0.0917. The summed E-state index contributed by atoms with van der Waals surface area (Å²) in [5, 5.41) is 11.1. The van der Waals surface area contributed by atoms with Crippen LogP contribution in [0, 0.1) is 5.92 Å². The van der Waals surface area contributed by atoms with Crippen LogP contribution in [0.5, 0.6) is 0 Å². The molecule has 2 aromatic heterocycles. The van der Waals surface area contributed by atoms with E-state index >= 15 is 0 Å². The molecule has 8 heteroatoms. The number of carbonyl (C=O) groups is 1. The van der Waals surface area contributed by atoms with E-state index in [1.165, 1.54) is 9.36 Å². The largest absolute Gasteiger partial charge is 0.420 e. The van der Waals surface area contributed by atoms with Gasteiger partial charge < -0.3 is 9.73 Å². The van der Waals surface area contributed by atoms with E-state index < -0.39 is 5.76 Å². The number of oxazole rings is 1. The number of hydrogen-bond acceptors (Lipinski definition) is 5. The second-order valence-electron chi connectivity index (χ2n) is 5.92. The average Bonchev–Trinajstić information content (AvgIpc) is 3.15. The van der Waals surface area contributed by atoms with Gasteiger partial charge in [0.1, 0.15) is 6.54 Å². The van der Waals surface area contributed by atoms with E-state index in [1.54, 1.807) is 36.7 Å². The Bertz CT molecular complexity index is 879. The Hall–Kier alpha value is -2.90. The zero-order chi connectivity index (χ0) is 17.1. The third kappa shape index (κ3) is 3.37. The summed E-state index contributed by atoms with van der Waals surface area (Å²) in [7, 11) is 0. The van der Waals surface area contributed by atoms with E-state index in [2.05, 4.69) is 15.5 Å². The van der Waals surface area contributed by atoms with Gasteiger partial charge in [-0.2, -0.15) is 15.0 Å². The van der Waals surface area contributed by atoms with Crippen molar-refractivity contribution in [3.63, 3.8) is 0 Å². The quantitative estimate of drug-likeness (QED) is 0.729. The summed E-state index contributed by atoms with van der Waals surface area (Å²) in [4.78, 5) is 25.9. The van der Waals surface area contributed by atoms with Gasteiger partial charge in [-0.1, -0.05) is 26.0 Å². The second kappa shape index (κ2) is 6.69. The summed E-state index contributed by atoms with van der Waals surface area (Å²) in [6.07, 6.45) is 3.19. The van der Waals surface area contributed by atoms with Crippen molar-refractivity contribution >= 4 is 17.0 Å². The van der Waals surface area contributed by atoms with Crippen molar-refractivity contribution in [3.8, 4) is 0 Å². The van der Waals surface area contributed by atoms with Crippen molar-refractivity contribution in [2.45, 2.75) is 33.0 Å². The fourth-order valence-corrected chi connectivity index (χ4v) is 2.50. The highest BCUT2D eigenvalue weighted by Gasteiger charge is 2.19. The molecule has 0 saturated carbocycles. The zero-order valence-electron chi connectivity index (χ0n) is 13.5. The molecular weight excluding hydrogens is 310 g/mol. The molecule has 3 rings (SSSR count). The van der Waals surface area contributed by atoms with Crippen LogP contribution >= 0.6 is 0 Å². The predicted molar refractivity (Wildman–Crippen MR) is 87.3 cm³/mol. The molecule has 8 nitrogen and oxygen atoms in total. The van der Waals surface area contributed by atoms with Crippen LogP contribution in [0.4, 0.5) is 0 Å². The lowest BCUT2D eigenvalue weighted by molar-refractivity contribution is -0.122. The Kier molecular flexibility index (Phi) is 4.45. The first-order valence-corrected chi connectivity index (χ1v) is 7.76. The average molecular weight is 329 g/mol. The van der Waals surface area contributed by atoms with Crippen LogP contribution in [-0.2, 0) is 17.9 Å². The summed E-state index contributed by atoms with van der Waals surface area (Å²) in [5.41, 5.74) is 1.07. The summed E-state index contributed by atoms with van der Waals surface area (Å²) in [6, 6.07) is 6.89. The molecule has 126 valence electrons. The molecule has 0 spiro atoms. The highest BCUT2D eigenvalue weighted by Crippen LogP contribution is 2.11. The van der Waals surface area contributed by atoms with Crippen LogP contribution in [-0.4, -0.2) is 31.5 Å². The summed E-state index contributed by atoms with van der Waals surface area (Å²) < 4.78 is 6.47. The van der Waals surface area contributed by atoms with Gasteiger partial charge in [0.15, 0.2) is 5.58 Å². The fourth-order valence-electron chi connectivity index (χ4n) is 2.50. The van der Waals surface area contributed by atoms with Crippen LogP contribution in [0.3, 0.4) is 0 Å². The Morgan fingerprint density at radius 3 is 2.67 bits per heavy atom. The molecule has 0 aliphatic heterocycles. The van der Waals surface area contributed by atoms with Crippen LogP contribution in [0.15, 0.2) is 45.9 Å². The standard InChI is InChI=1S/C16H19N5O3/c1-11(2)12(9-21-17-7-8-18-21)19-15(22)10-20-13-5-3-4-6-14(13)24-16(20)23/h3-8,11-12H,9-10H2,1-2H3,(H,19,22)/t12-/m0/s1. The topological polar surface area (TPSA) is 95.0 Å². The predicted octanol–water partition coefficient (Wildman–Crippen LogP) is 1.03. The molecular formula is C16H19N5O3. The first-order valence-electron chi connectivity index (χ1n) is 7.76. The van der Waals surface area contributed by atoms with Gasteiger partial charge in [-0.15, -0.1) is 0 Å². The van der Waals surface area contributed by atoms with Gasteiger partial charge in [0.2, 0.25) is 5.91 Å². The Labute approximate surface area is 138 Å². The Morgan fingerprint density at radius 1 is 1.25 bits per heavy atom. The normalized spacial score (nSPS) is 12.6. The third-order valence-corrected chi connectivity index (χ3v) is 3.85. The molecule has 0 aliphatic rings. The van der Waals surface area contributed by atoms with Gasteiger partial charge in [0.25, 0.3) is 0 Å². The lowest BCUT2D eigenvalue weighted by atomic mass is 10.0. The van der Waals surface area contributed by atoms with E-state index in [0.29, 0.717) is 17.6 Å². The highest BCUT2D eigenvalue weighted by molar-refractivity contribution is 5.79. The van der Waals surface area contributed by atoms with Crippen molar-refractivity contribution in [2.24, 2.45) is 5.92 Å². The number of rotatable bonds is 6. The number of amides is 1. The number of benzene rings is 1. The maximum Gasteiger partial charge on any atom is 0.420 e. The van der Waals surface area contributed by atoms with Crippen LogP contribution in [0.1, 0.15) is 13.8 Å². The van der Waals surface area contributed by atoms with E-state index in [1.807, 2.05) is 13.8 Å². The minimum atomic E-state index is -0.541. The lowest BCUT2D eigenvalue weighted by Gasteiger charge is -2.21. The number of para-hydroxylation sites is 2. The molecule has 0 bridgehead atoms. The van der Waals surface area contributed by atoms with Crippen molar-refractivity contribution in [1.29, 1.82) is 0 Å². The van der Waals surface area contributed by atoms with Gasteiger partial charge in [0, 0.05) is 0 Å². The van der Waals surface area contributed by atoms with Gasteiger partial charge in [-0.25, -0.2) is 4.79 Å². The van der Waals surface area contributed by atoms with Crippen molar-refractivity contribution in [1.82, 2.24) is 24.9 Å². The van der Waals surface area contributed by atoms with Gasteiger partial charge in [-0.3, -0.25) is 9.36 Å². The number of fused-ring (bicyclic) bond motifs is 1. The number of carbonyl (C=O) groups excluding carboxylic acids is 1. The molecule has 2 heterocycles. The molecule has 0 aliphatic carbocycles. The van der Waals surface area contributed by atoms with E-state index in [0.717, 1.165) is 0 Å². The van der Waals surface area contributed by atoms with Gasteiger partial charge >= 0.3 is 5.76 Å². The molecule has 0 radical (unpaired) electrons. The Balaban J connectivity index is 1.73. The first kappa shape index (κ1) is 16.0. The first-order chi connectivity index (χ1) is 11.5. The van der Waals surface area contributed by atoms with Crippen molar-refractivity contribution < 1.29 is 9.21 Å². The second-order valence-corrected chi connectivity index (χ2v) is 5.92. The molecule has 0 saturated heterocycles. The molecule has 0 unspecified atom stereocenters. The summed E-state index contributed by atoms with van der Waals surface area (Å²) in [6.45, 7) is 4.39. The van der Waals surface area contributed by atoms with Crippen LogP contribution in [0.25, 0.3) is 11.1 Å². The molecule has 1 aromatic carbocycles. The number of nitrogens with zero attached hydrogens (tertiary/aromatic N) is 4. The molecule has 24 heavy (non-hydrogen) atoms. The SMILES string of the molecule is CC(C)[C@H](Cn1nccn1)NC(=O)Cn1c(=O)oc2ccccc21. The van der Waals surface area contributed by atoms with E-state index in [9.17, 15) is 9.59 Å². The molecule has 1 N–H and O–H groups in total. The smallest absolute Gasteiger partial charge is 0.408 e. The van der Waals surface area contributed by atoms with Gasteiger partial charge in [0.05, 0.1) is 30.5 Å². The van der Waals surface area contributed by atoms with E-state index in [4.69, 9.17) is 4.42 Å². The summed E-state index contributed by atoms with van der Waals surface area (Å²) >= 11 is 0. The van der Waals surface area contributed by atoms with Crippen LogP contribution < -0.4 is 11.1 Å². The number of nitrogens with one attached hydrogen (secondary N) is 1. The number of hydrogen-bond donors (Lipinski definition) is 1. The van der Waals surface area contributed by atoms with Crippen LogP contribution in [0.2, 0.25) is 0 Å². The molecule has 1 atom stereocenters. The molecule has 1 amide bonds. The highest BCUT2D eigenvalue weighted by atomic mass is 16.4. The molecule has 3 aromatic rings. The van der Waals surface area contributed by atoms with Gasteiger partial charge in [-0.05, 0) is 18.1 Å². The maximum atomic E-state index is 12.4. The monoisotopic (exact) mass is 329 g/mol. The summed E-state index contributed by atoms with van der Waals surface area (Å²) in [5.74, 6) is -0.603. The third-order valence-electron chi connectivity index (χ3n) is 3.85. The Morgan fingerprint density at radius 2 is 1.96 bits per heavy atom.